The van der Waals surface area contributed by atoms with Crippen LogP contribution in [0.25, 0.3) is 11.3 Å². The van der Waals surface area contributed by atoms with Gasteiger partial charge in [-0.05, 0) is 30.3 Å². The summed E-state index contributed by atoms with van der Waals surface area (Å²) in [5, 5.41) is 12.5. The molecule has 38 heavy (non-hydrogen) atoms. The van der Waals surface area contributed by atoms with Crippen LogP contribution in [-0.4, -0.2) is 30.5 Å². The number of hydrogen-bond donors (Lipinski definition) is 2. The van der Waals surface area contributed by atoms with Crippen molar-refractivity contribution in [3.63, 3.8) is 0 Å². The van der Waals surface area contributed by atoms with E-state index in [9.17, 15) is 27.3 Å². The first-order chi connectivity index (χ1) is 18.0. The fourth-order valence-electron chi connectivity index (χ4n) is 3.32. The summed E-state index contributed by atoms with van der Waals surface area (Å²) in [6, 6.07) is 9.83. The van der Waals surface area contributed by atoms with E-state index in [1.165, 1.54) is 36.5 Å². The number of benzene rings is 1. The molecule has 0 spiro atoms. The van der Waals surface area contributed by atoms with Gasteiger partial charge >= 0.3 is 0 Å². The lowest BCUT2D eigenvalue weighted by molar-refractivity contribution is 0.103. The zero-order valence-electron chi connectivity index (χ0n) is 19.3. The molecular formula is C24H16ClF2N5O4S2. The van der Waals surface area contributed by atoms with Gasteiger partial charge in [0, 0.05) is 34.1 Å². The van der Waals surface area contributed by atoms with Gasteiger partial charge in [-0.3, -0.25) is 14.5 Å². The number of ether oxygens (including phenoxy) is 1. The Labute approximate surface area is 224 Å². The Kier molecular flexibility index (Phi) is 7.86. The average Bonchev–Trinajstić information content (AvgIpc) is 3.26. The fraction of sp³-hybridized carbons (Fsp3) is 0.0833. The number of pyridine rings is 2. The van der Waals surface area contributed by atoms with E-state index in [1.807, 2.05) is 6.07 Å². The largest absolute Gasteiger partial charge is 0.486 e. The van der Waals surface area contributed by atoms with E-state index in [0.29, 0.717) is 5.56 Å². The first-order valence-electron chi connectivity index (χ1n) is 10.5. The third-order valence-corrected chi connectivity index (χ3v) is 6.61. The third kappa shape index (κ3) is 6.80. The van der Waals surface area contributed by atoms with Crippen molar-refractivity contribution in [2.24, 2.45) is 0 Å². The smallest absolute Gasteiger partial charge is 0.265 e. The van der Waals surface area contributed by atoms with Crippen molar-refractivity contribution in [2.75, 3.05) is 16.3 Å². The van der Waals surface area contributed by atoms with E-state index in [2.05, 4.69) is 20.0 Å². The van der Waals surface area contributed by atoms with Crippen LogP contribution >= 0.6 is 22.9 Å². The van der Waals surface area contributed by atoms with Crippen molar-refractivity contribution in [2.45, 2.75) is 6.61 Å². The Morgan fingerprint density at radius 2 is 1.84 bits per heavy atom. The number of amides is 1. The number of nitriles is 1. The molecule has 0 saturated carbocycles. The predicted molar refractivity (Wildman–Crippen MR) is 139 cm³/mol. The van der Waals surface area contributed by atoms with Gasteiger partial charge in [-0.2, -0.15) is 5.26 Å². The second-order valence-corrected chi connectivity index (χ2v) is 11.1. The highest BCUT2D eigenvalue weighted by atomic mass is 35.5. The molecule has 1 amide bonds. The summed E-state index contributed by atoms with van der Waals surface area (Å²) in [6.07, 6.45) is 4.32. The number of halogens is 3. The molecule has 3 aromatic heterocycles. The molecule has 14 heteroatoms. The minimum atomic E-state index is -3.58. The van der Waals surface area contributed by atoms with Gasteiger partial charge in [-0.15, -0.1) is 11.3 Å². The van der Waals surface area contributed by atoms with E-state index in [1.54, 1.807) is 0 Å². The number of thiophene rings is 1. The molecule has 4 aromatic rings. The molecule has 0 saturated heterocycles. The average molecular weight is 576 g/mol. The minimum Gasteiger partial charge on any atom is -0.486 e. The quantitative estimate of drug-likeness (QED) is 0.294. The van der Waals surface area contributed by atoms with Gasteiger partial charge in [0.1, 0.15) is 40.6 Å². The Morgan fingerprint density at radius 1 is 1.11 bits per heavy atom. The van der Waals surface area contributed by atoms with Gasteiger partial charge < -0.3 is 10.1 Å². The second-order valence-electron chi connectivity index (χ2n) is 7.82. The molecule has 194 valence electrons. The van der Waals surface area contributed by atoms with Gasteiger partial charge in [-0.25, -0.2) is 22.2 Å². The van der Waals surface area contributed by atoms with Crippen molar-refractivity contribution in [1.29, 1.82) is 5.26 Å². The van der Waals surface area contributed by atoms with Crippen molar-refractivity contribution in [3.05, 3.63) is 87.0 Å². The highest BCUT2D eigenvalue weighted by Crippen LogP contribution is 2.36. The molecule has 0 atom stereocenters. The lowest BCUT2D eigenvalue weighted by atomic mass is 10.1. The summed E-state index contributed by atoms with van der Waals surface area (Å²) in [5.74, 6) is -1.90. The van der Waals surface area contributed by atoms with E-state index >= 15 is 0 Å². The van der Waals surface area contributed by atoms with Crippen LogP contribution in [0.2, 0.25) is 5.02 Å². The summed E-state index contributed by atoms with van der Waals surface area (Å²) < 4.78 is 58.4. The Bertz CT molecular complexity index is 1690. The second kappa shape index (κ2) is 11.1. The van der Waals surface area contributed by atoms with E-state index in [-0.39, 0.29) is 49.8 Å². The SMILES string of the molecule is CS(=O)(=O)Nc1cc(Cl)cc(NC(=O)c2cc(-c3ncc(F)cc3OCc3cncc(F)c3)c(C#N)s2)c1. The van der Waals surface area contributed by atoms with Crippen LogP contribution in [0.1, 0.15) is 20.1 Å². The van der Waals surface area contributed by atoms with Crippen LogP contribution in [-0.2, 0) is 16.6 Å². The van der Waals surface area contributed by atoms with Crippen LogP contribution in [0.15, 0.2) is 55.0 Å². The number of nitrogens with zero attached hydrogens (tertiary/aromatic N) is 3. The van der Waals surface area contributed by atoms with Crippen LogP contribution in [0.5, 0.6) is 5.75 Å². The minimum absolute atomic E-state index is 0.0261. The third-order valence-electron chi connectivity index (χ3n) is 4.75. The molecule has 2 N–H and O–H groups in total. The molecule has 0 bridgehead atoms. The van der Waals surface area contributed by atoms with Crippen molar-refractivity contribution in [1.82, 2.24) is 9.97 Å². The highest BCUT2D eigenvalue weighted by molar-refractivity contribution is 7.92. The molecular weight excluding hydrogens is 560 g/mol. The summed E-state index contributed by atoms with van der Waals surface area (Å²) in [6.45, 7) is -0.152. The van der Waals surface area contributed by atoms with Crippen LogP contribution in [0, 0.1) is 23.0 Å². The molecule has 0 radical (unpaired) electrons. The zero-order chi connectivity index (χ0) is 27.4. The van der Waals surface area contributed by atoms with Crippen LogP contribution in [0.3, 0.4) is 0 Å². The van der Waals surface area contributed by atoms with Crippen molar-refractivity contribution in [3.8, 4) is 23.1 Å². The number of anilines is 2. The summed E-state index contributed by atoms with van der Waals surface area (Å²) in [7, 11) is -3.58. The van der Waals surface area contributed by atoms with Gasteiger partial charge in [0.25, 0.3) is 5.91 Å². The molecule has 4 rings (SSSR count). The monoisotopic (exact) mass is 575 g/mol. The van der Waals surface area contributed by atoms with Gasteiger partial charge in [0.15, 0.2) is 0 Å². The lowest BCUT2D eigenvalue weighted by Crippen LogP contribution is -2.12. The maximum Gasteiger partial charge on any atom is 0.265 e. The van der Waals surface area contributed by atoms with Gasteiger partial charge in [0.2, 0.25) is 10.0 Å². The number of hydrogen-bond acceptors (Lipinski definition) is 8. The number of carbonyl (C=O) groups excluding carboxylic acids is 1. The molecule has 3 heterocycles. The normalized spacial score (nSPS) is 11.0. The standard InChI is InChI=1S/C24H16ClF2N5O4S2/c1-38(34,35)32-18-4-14(25)3-17(6-18)31-24(33)21-7-19(22(8-28)37-21)23-20(5-16(27)11-30-23)36-12-13-2-15(26)10-29-9-13/h2-7,9-11,32H,12H2,1H3,(H,31,33). The Morgan fingerprint density at radius 3 is 2.55 bits per heavy atom. The van der Waals surface area contributed by atoms with Crippen molar-refractivity contribution >= 4 is 50.2 Å². The van der Waals surface area contributed by atoms with Gasteiger partial charge in [-0.1, -0.05) is 11.6 Å². The highest BCUT2D eigenvalue weighted by Gasteiger charge is 2.21. The molecule has 0 aliphatic heterocycles. The van der Waals surface area contributed by atoms with Crippen molar-refractivity contribution < 1.29 is 26.7 Å². The van der Waals surface area contributed by atoms with E-state index in [4.69, 9.17) is 16.3 Å². The number of rotatable bonds is 8. The number of sulfonamides is 1. The molecule has 0 unspecified atom stereocenters. The molecule has 0 fully saturated rings. The Hall–Kier alpha value is -4.12. The Balaban J connectivity index is 1.62. The molecule has 0 aliphatic rings. The number of carbonyl (C=O) groups is 1. The summed E-state index contributed by atoms with van der Waals surface area (Å²) >= 11 is 6.91. The maximum atomic E-state index is 14.0. The first kappa shape index (κ1) is 26.9. The topological polar surface area (TPSA) is 134 Å². The van der Waals surface area contributed by atoms with Gasteiger partial charge in [0.05, 0.1) is 29.2 Å². The van der Waals surface area contributed by atoms with Crippen LogP contribution < -0.4 is 14.8 Å². The predicted octanol–water partition coefficient (Wildman–Crippen LogP) is 5.21. The van der Waals surface area contributed by atoms with Crippen LogP contribution in [0.4, 0.5) is 20.2 Å². The number of nitrogens with one attached hydrogen (secondary N) is 2. The molecule has 9 nitrogen and oxygen atoms in total. The summed E-state index contributed by atoms with van der Waals surface area (Å²) in [5.41, 5.74) is 1.06. The fourth-order valence-corrected chi connectivity index (χ4v) is 4.95. The number of aromatic nitrogens is 2. The molecule has 0 aliphatic carbocycles. The lowest BCUT2D eigenvalue weighted by Gasteiger charge is -2.10. The molecule has 1 aromatic carbocycles. The maximum absolute atomic E-state index is 14.0. The van der Waals surface area contributed by atoms with E-state index in [0.717, 1.165) is 36.1 Å². The first-order valence-corrected chi connectivity index (χ1v) is 13.6. The van der Waals surface area contributed by atoms with E-state index < -0.39 is 27.6 Å². The zero-order valence-corrected chi connectivity index (χ0v) is 21.7. The summed E-state index contributed by atoms with van der Waals surface area (Å²) in [4.78, 5) is 21.0.